The van der Waals surface area contributed by atoms with Crippen molar-refractivity contribution in [2.24, 2.45) is 0 Å². The molecule has 1 unspecified atom stereocenters. The molecule has 1 atom stereocenters. The summed E-state index contributed by atoms with van der Waals surface area (Å²) < 4.78 is 6.43. The van der Waals surface area contributed by atoms with E-state index < -0.39 is 6.10 Å². The highest BCUT2D eigenvalue weighted by atomic mass is 79.9. The van der Waals surface area contributed by atoms with Gasteiger partial charge in [0.1, 0.15) is 5.75 Å². The third-order valence-corrected chi connectivity index (χ3v) is 2.62. The minimum Gasteiger partial charge on any atom is -0.478 e. The molecule has 1 heterocycles. The van der Waals surface area contributed by atoms with Crippen LogP contribution >= 0.6 is 15.9 Å². The van der Waals surface area contributed by atoms with E-state index in [0.717, 1.165) is 21.5 Å². The Morgan fingerprint density at radius 3 is 2.93 bits per heavy atom. The van der Waals surface area contributed by atoms with Crippen LogP contribution in [0.1, 0.15) is 12.5 Å². The van der Waals surface area contributed by atoms with Crippen molar-refractivity contribution in [2.75, 3.05) is 5.32 Å². The highest BCUT2D eigenvalue weighted by Gasteiger charge is 2.24. The second-order valence-electron chi connectivity index (χ2n) is 3.35. The van der Waals surface area contributed by atoms with Crippen LogP contribution in [-0.4, -0.2) is 12.0 Å². The van der Waals surface area contributed by atoms with E-state index in [1.165, 1.54) is 0 Å². The van der Waals surface area contributed by atoms with Crippen LogP contribution in [0.4, 0.5) is 5.69 Å². The fraction of sp³-hybridized carbons (Fsp3) is 0.300. The summed E-state index contributed by atoms with van der Waals surface area (Å²) in [4.78, 5) is 11.3. The summed E-state index contributed by atoms with van der Waals surface area (Å²) in [5, 5.41) is 2.80. The van der Waals surface area contributed by atoms with Gasteiger partial charge in [-0.15, -0.1) is 0 Å². The number of amides is 1. The maximum absolute atomic E-state index is 11.3. The topological polar surface area (TPSA) is 38.3 Å². The molecule has 2 rings (SSSR count). The molecule has 0 bridgehead atoms. The molecule has 0 radical (unpaired) electrons. The second kappa shape index (κ2) is 3.28. The molecule has 0 aromatic heterocycles. The van der Waals surface area contributed by atoms with Crippen molar-refractivity contribution < 1.29 is 9.53 Å². The van der Waals surface area contributed by atoms with Gasteiger partial charge in [-0.2, -0.15) is 0 Å². The van der Waals surface area contributed by atoms with E-state index >= 15 is 0 Å². The Labute approximate surface area is 90.6 Å². The molecule has 0 aliphatic carbocycles. The Balaban J connectivity index is 2.51. The van der Waals surface area contributed by atoms with Crippen molar-refractivity contribution in [3.05, 3.63) is 22.2 Å². The van der Waals surface area contributed by atoms with E-state index in [9.17, 15) is 4.79 Å². The highest BCUT2D eigenvalue weighted by molar-refractivity contribution is 9.10. The number of rotatable bonds is 0. The first-order valence-corrected chi connectivity index (χ1v) is 5.15. The Morgan fingerprint density at radius 2 is 2.21 bits per heavy atom. The molecule has 74 valence electrons. The molecule has 1 amide bonds. The molecule has 0 spiro atoms. The summed E-state index contributed by atoms with van der Waals surface area (Å²) in [5.41, 5.74) is 1.75. The van der Waals surface area contributed by atoms with Gasteiger partial charge < -0.3 is 10.1 Å². The molecular weight excluding hydrogens is 246 g/mol. The van der Waals surface area contributed by atoms with Gasteiger partial charge in [0.2, 0.25) is 0 Å². The lowest BCUT2D eigenvalue weighted by Gasteiger charge is -2.24. The van der Waals surface area contributed by atoms with Crippen molar-refractivity contribution in [3.8, 4) is 5.75 Å². The minimum absolute atomic E-state index is 0.102. The van der Waals surface area contributed by atoms with Gasteiger partial charge in [0.05, 0.1) is 5.69 Å². The quantitative estimate of drug-likeness (QED) is 0.774. The first-order chi connectivity index (χ1) is 6.58. The van der Waals surface area contributed by atoms with Crippen LogP contribution in [0.2, 0.25) is 0 Å². The van der Waals surface area contributed by atoms with E-state index in [-0.39, 0.29) is 5.91 Å². The Hall–Kier alpha value is -1.03. The first kappa shape index (κ1) is 9.52. The molecule has 14 heavy (non-hydrogen) atoms. The summed E-state index contributed by atoms with van der Waals surface area (Å²) in [5.74, 6) is 0.662. The standard InChI is InChI=1S/C10H10BrNO2/c1-5-3-7(11)4-8-9(5)14-6(2)10(13)12-8/h3-4,6H,1-2H3,(H,12,13). The Morgan fingerprint density at radius 1 is 1.50 bits per heavy atom. The molecule has 4 heteroatoms. The van der Waals surface area contributed by atoms with Gasteiger partial charge in [0, 0.05) is 4.47 Å². The molecular formula is C10H10BrNO2. The van der Waals surface area contributed by atoms with Crippen molar-refractivity contribution in [1.82, 2.24) is 0 Å². The summed E-state index contributed by atoms with van der Waals surface area (Å²) in [6.07, 6.45) is -0.414. The van der Waals surface area contributed by atoms with Gasteiger partial charge in [-0.3, -0.25) is 4.79 Å². The molecule has 0 fully saturated rings. The molecule has 0 saturated carbocycles. The lowest BCUT2D eigenvalue weighted by molar-refractivity contribution is -0.122. The van der Waals surface area contributed by atoms with Gasteiger partial charge >= 0.3 is 0 Å². The van der Waals surface area contributed by atoms with Crippen molar-refractivity contribution in [1.29, 1.82) is 0 Å². The number of nitrogens with one attached hydrogen (secondary N) is 1. The predicted molar refractivity (Wildman–Crippen MR) is 57.6 cm³/mol. The number of hydrogen-bond donors (Lipinski definition) is 1. The van der Waals surface area contributed by atoms with E-state index in [0.29, 0.717) is 0 Å². The molecule has 3 nitrogen and oxygen atoms in total. The summed E-state index contributed by atoms with van der Waals surface area (Å²) in [6.45, 7) is 3.69. The van der Waals surface area contributed by atoms with Gasteiger partial charge in [-0.05, 0) is 31.5 Å². The van der Waals surface area contributed by atoms with Crippen LogP contribution in [0.15, 0.2) is 16.6 Å². The number of hydrogen-bond acceptors (Lipinski definition) is 2. The average molecular weight is 256 g/mol. The number of fused-ring (bicyclic) bond motifs is 1. The van der Waals surface area contributed by atoms with Crippen LogP contribution in [-0.2, 0) is 4.79 Å². The monoisotopic (exact) mass is 255 g/mol. The van der Waals surface area contributed by atoms with Crippen molar-refractivity contribution in [2.45, 2.75) is 20.0 Å². The van der Waals surface area contributed by atoms with E-state index in [4.69, 9.17) is 4.74 Å². The smallest absolute Gasteiger partial charge is 0.265 e. The third-order valence-electron chi connectivity index (χ3n) is 2.16. The van der Waals surface area contributed by atoms with Gasteiger partial charge in [0.25, 0.3) is 5.91 Å². The van der Waals surface area contributed by atoms with E-state index in [1.807, 2.05) is 19.1 Å². The number of ether oxygens (including phenoxy) is 1. The number of anilines is 1. The Kier molecular flexibility index (Phi) is 2.23. The van der Waals surface area contributed by atoms with E-state index in [1.54, 1.807) is 6.92 Å². The van der Waals surface area contributed by atoms with Crippen LogP contribution < -0.4 is 10.1 Å². The Bertz CT molecular complexity index is 403. The second-order valence-corrected chi connectivity index (χ2v) is 4.26. The zero-order valence-electron chi connectivity index (χ0n) is 7.93. The largest absolute Gasteiger partial charge is 0.478 e. The number of carbonyl (C=O) groups excluding carboxylic acids is 1. The fourth-order valence-corrected chi connectivity index (χ4v) is 2.02. The number of benzene rings is 1. The number of carbonyl (C=O) groups is 1. The SMILES string of the molecule is Cc1cc(Br)cc2c1OC(C)C(=O)N2. The summed E-state index contributed by atoms with van der Waals surface area (Å²) in [7, 11) is 0. The lowest BCUT2D eigenvalue weighted by atomic mass is 10.1. The van der Waals surface area contributed by atoms with Crippen LogP contribution in [0.3, 0.4) is 0 Å². The van der Waals surface area contributed by atoms with Crippen molar-refractivity contribution in [3.63, 3.8) is 0 Å². The zero-order chi connectivity index (χ0) is 10.3. The molecule has 1 aliphatic rings. The number of aryl methyl sites for hydroxylation is 1. The predicted octanol–water partition coefficient (Wildman–Crippen LogP) is 2.48. The fourth-order valence-electron chi connectivity index (χ4n) is 1.44. The maximum Gasteiger partial charge on any atom is 0.265 e. The molecule has 1 aromatic carbocycles. The lowest BCUT2D eigenvalue weighted by Crippen LogP contribution is -2.34. The van der Waals surface area contributed by atoms with Crippen molar-refractivity contribution >= 4 is 27.5 Å². The highest BCUT2D eigenvalue weighted by Crippen LogP contribution is 2.35. The van der Waals surface area contributed by atoms with Crippen LogP contribution in [0.5, 0.6) is 5.75 Å². The molecule has 1 aliphatic heterocycles. The summed E-state index contributed by atoms with van der Waals surface area (Å²) in [6, 6.07) is 3.80. The van der Waals surface area contributed by atoms with Crippen LogP contribution in [0.25, 0.3) is 0 Å². The normalized spacial score (nSPS) is 19.6. The minimum atomic E-state index is -0.414. The van der Waals surface area contributed by atoms with Gasteiger partial charge in [-0.25, -0.2) is 0 Å². The summed E-state index contributed by atoms with van der Waals surface area (Å²) >= 11 is 3.37. The van der Waals surface area contributed by atoms with Gasteiger partial charge in [0.15, 0.2) is 6.10 Å². The molecule has 0 saturated heterocycles. The zero-order valence-corrected chi connectivity index (χ0v) is 9.51. The van der Waals surface area contributed by atoms with Gasteiger partial charge in [-0.1, -0.05) is 15.9 Å². The first-order valence-electron chi connectivity index (χ1n) is 4.35. The molecule has 1 aromatic rings. The number of halogens is 1. The van der Waals surface area contributed by atoms with E-state index in [2.05, 4.69) is 21.2 Å². The molecule has 1 N–H and O–H groups in total. The maximum atomic E-state index is 11.3. The third kappa shape index (κ3) is 1.50. The van der Waals surface area contributed by atoms with Crippen LogP contribution in [0, 0.1) is 6.92 Å². The average Bonchev–Trinajstić information content (AvgIpc) is 2.08.